The van der Waals surface area contributed by atoms with Gasteiger partial charge in [-0.2, -0.15) is 0 Å². The number of carbonyl (C=O) groups is 1. The molecule has 126 valence electrons. The average molecular weight is 347 g/mol. The van der Waals surface area contributed by atoms with Gasteiger partial charge in [-0.15, -0.1) is 5.10 Å². The summed E-state index contributed by atoms with van der Waals surface area (Å²) in [5, 5.41) is 18.1. The summed E-state index contributed by atoms with van der Waals surface area (Å²) in [6.07, 6.45) is 1.95. The van der Waals surface area contributed by atoms with Crippen molar-refractivity contribution in [2.45, 2.75) is 37.7 Å². The van der Waals surface area contributed by atoms with E-state index in [0.717, 1.165) is 22.5 Å². The van der Waals surface area contributed by atoms with Crippen LogP contribution in [-0.4, -0.2) is 33.4 Å². The third-order valence-corrected chi connectivity index (χ3v) is 5.26. The molecule has 1 aliphatic heterocycles. The normalized spacial score (nSPS) is 22.4. The highest BCUT2D eigenvalue weighted by Gasteiger charge is 2.33. The summed E-state index contributed by atoms with van der Waals surface area (Å²) in [6.45, 7) is 0.675. The first-order valence-electron chi connectivity index (χ1n) is 8.17. The Labute approximate surface area is 144 Å². The minimum Gasteiger partial charge on any atom is -0.393 e. The maximum Gasteiger partial charge on any atom is 0.254 e. The fraction of sp³-hybridized carbons (Fsp3) is 0.412. The molecule has 4 N–H and O–H groups in total. The second-order valence-electron chi connectivity index (χ2n) is 6.43. The van der Waals surface area contributed by atoms with Gasteiger partial charge in [0.15, 0.2) is 0 Å². The monoisotopic (exact) mass is 346 g/mol. The number of anilines is 2. The van der Waals surface area contributed by atoms with E-state index < -0.39 is 6.10 Å². The van der Waals surface area contributed by atoms with Crippen LogP contribution in [0.3, 0.4) is 0 Å². The number of carbonyl (C=O) groups excluding carboxylic acids is 1. The van der Waals surface area contributed by atoms with Crippen LogP contribution in [0.2, 0.25) is 5.02 Å². The van der Waals surface area contributed by atoms with Crippen LogP contribution in [-0.2, 0) is 12.8 Å². The maximum absolute atomic E-state index is 13.2. The lowest BCUT2D eigenvalue weighted by Gasteiger charge is -2.27. The number of para-hydroxylation sites is 1. The lowest BCUT2D eigenvalue weighted by Crippen LogP contribution is -2.30. The van der Waals surface area contributed by atoms with Gasteiger partial charge in [0.25, 0.3) is 5.91 Å². The van der Waals surface area contributed by atoms with Crippen LogP contribution >= 0.6 is 11.6 Å². The molecule has 1 aromatic heterocycles. The molecule has 2 heterocycles. The van der Waals surface area contributed by atoms with Crippen molar-refractivity contribution in [3.05, 3.63) is 40.0 Å². The molecule has 4 rings (SSSR count). The van der Waals surface area contributed by atoms with E-state index in [1.165, 1.54) is 4.68 Å². The number of rotatable bonds is 1. The Morgan fingerprint density at radius 3 is 3.08 bits per heavy atom. The van der Waals surface area contributed by atoms with Crippen molar-refractivity contribution in [1.29, 1.82) is 0 Å². The molecule has 0 saturated carbocycles. The van der Waals surface area contributed by atoms with Crippen molar-refractivity contribution in [3.63, 3.8) is 0 Å². The van der Waals surface area contributed by atoms with Gasteiger partial charge in [-0.3, -0.25) is 4.79 Å². The van der Waals surface area contributed by atoms with E-state index in [1.54, 1.807) is 0 Å². The highest BCUT2D eigenvalue weighted by Crippen LogP contribution is 2.38. The Morgan fingerprint density at radius 1 is 1.42 bits per heavy atom. The van der Waals surface area contributed by atoms with Crippen LogP contribution in [0.25, 0.3) is 0 Å². The van der Waals surface area contributed by atoms with Crippen LogP contribution in [0.4, 0.5) is 11.5 Å². The summed E-state index contributed by atoms with van der Waals surface area (Å²) in [6, 6.07) is 5.58. The van der Waals surface area contributed by atoms with Gasteiger partial charge in [0.1, 0.15) is 5.82 Å². The van der Waals surface area contributed by atoms with Crippen molar-refractivity contribution in [3.8, 4) is 0 Å². The number of aliphatic hydroxyl groups is 1. The van der Waals surface area contributed by atoms with E-state index in [2.05, 4.69) is 10.4 Å². The third-order valence-electron chi connectivity index (χ3n) is 4.94. The van der Waals surface area contributed by atoms with Gasteiger partial charge in [-0.05, 0) is 30.9 Å². The molecule has 0 bridgehead atoms. The standard InChI is InChI=1S/C17H19ClN4O2/c18-13-3-1-2-10-11(6-7-20-15(10)13)17(24)22-14-8-9(23)4-5-12(14)16(19)21-22/h1-3,9,11,20,23H,4-8H2,(H2,19,21)/t9-,11?/m0/s1. The van der Waals surface area contributed by atoms with Crippen LogP contribution < -0.4 is 11.1 Å². The van der Waals surface area contributed by atoms with Crippen LogP contribution in [0.1, 0.15) is 40.4 Å². The molecule has 0 radical (unpaired) electrons. The highest BCUT2D eigenvalue weighted by atomic mass is 35.5. The molecule has 1 aromatic carbocycles. The molecular formula is C17H19ClN4O2. The minimum absolute atomic E-state index is 0.109. The van der Waals surface area contributed by atoms with Crippen LogP contribution in [0.15, 0.2) is 18.2 Å². The molecule has 2 aliphatic rings. The highest BCUT2D eigenvalue weighted by molar-refractivity contribution is 6.33. The molecule has 0 spiro atoms. The van der Waals surface area contributed by atoms with E-state index in [1.807, 2.05) is 18.2 Å². The first kappa shape index (κ1) is 15.5. The van der Waals surface area contributed by atoms with E-state index in [4.69, 9.17) is 17.3 Å². The first-order valence-corrected chi connectivity index (χ1v) is 8.55. The van der Waals surface area contributed by atoms with Gasteiger partial charge in [0, 0.05) is 18.5 Å². The van der Waals surface area contributed by atoms with Gasteiger partial charge < -0.3 is 16.2 Å². The van der Waals surface area contributed by atoms with E-state index >= 15 is 0 Å². The number of nitrogens with zero attached hydrogens (tertiary/aromatic N) is 2. The molecule has 2 atom stereocenters. The second kappa shape index (κ2) is 5.79. The fourth-order valence-corrected chi connectivity index (χ4v) is 3.97. The van der Waals surface area contributed by atoms with Gasteiger partial charge in [0.2, 0.25) is 0 Å². The summed E-state index contributed by atoms with van der Waals surface area (Å²) in [7, 11) is 0. The Morgan fingerprint density at radius 2 is 2.25 bits per heavy atom. The SMILES string of the molecule is Nc1nn(C(=O)C2CCNc3c(Cl)cccc32)c2c1CC[C@H](O)C2. The number of hydrogen-bond acceptors (Lipinski definition) is 5. The van der Waals surface area contributed by atoms with Crippen molar-refractivity contribution < 1.29 is 9.90 Å². The summed E-state index contributed by atoms with van der Waals surface area (Å²) < 4.78 is 1.41. The smallest absolute Gasteiger partial charge is 0.254 e. The van der Waals surface area contributed by atoms with Crippen LogP contribution in [0, 0.1) is 0 Å². The third kappa shape index (κ3) is 2.37. The van der Waals surface area contributed by atoms with Gasteiger partial charge in [0.05, 0.1) is 28.4 Å². The molecule has 2 aromatic rings. The summed E-state index contributed by atoms with van der Waals surface area (Å²) in [5.74, 6) is -0.0324. The van der Waals surface area contributed by atoms with Crippen molar-refractivity contribution in [1.82, 2.24) is 9.78 Å². The van der Waals surface area contributed by atoms with E-state index in [-0.39, 0.29) is 11.8 Å². The number of nitrogens with one attached hydrogen (secondary N) is 1. The average Bonchev–Trinajstić information content (AvgIpc) is 2.90. The molecule has 0 fully saturated rings. The number of aromatic nitrogens is 2. The summed E-state index contributed by atoms with van der Waals surface area (Å²) >= 11 is 6.25. The first-order chi connectivity index (χ1) is 11.6. The van der Waals surface area contributed by atoms with E-state index in [0.29, 0.717) is 43.1 Å². The number of nitrogen functional groups attached to an aromatic ring is 1. The number of fused-ring (bicyclic) bond motifs is 2. The van der Waals surface area contributed by atoms with Crippen LogP contribution in [0.5, 0.6) is 0 Å². The second-order valence-corrected chi connectivity index (χ2v) is 6.84. The maximum atomic E-state index is 13.2. The summed E-state index contributed by atoms with van der Waals surface area (Å²) in [5.41, 5.74) is 9.34. The van der Waals surface area contributed by atoms with Gasteiger partial charge >= 0.3 is 0 Å². The lowest BCUT2D eigenvalue weighted by atomic mass is 9.89. The summed E-state index contributed by atoms with van der Waals surface area (Å²) in [4.78, 5) is 13.2. The minimum atomic E-state index is -0.449. The Hall–Kier alpha value is -2.05. The predicted octanol–water partition coefficient (Wildman–Crippen LogP) is 2.21. The van der Waals surface area contributed by atoms with E-state index in [9.17, 15) is 9.90 Å². The zero-order chi connectivity index (χ0) is 16.8. The molecule has 24 heavy (non-hydrogen) atoms. The molecule has 7 heteroatoms. The van der Waals surface area contributed by atoms with Gasteiger partial charge in [-0.1, -0.05) is 23.7 Å². The number of aliphatic hydroxyl groups excluding tert-OH is 1. The fourth-order valence-electron chi connectivity index (χ4n) is 3.72. The van der Waals surface area contributed by atoms with Crippen molar-refractivity contribution in [2.75, 3.05) is 17.6 Å². The number of benzene rings is 1. The predicted molar refractivity (Wildman–Crippen MR) is 92.6 cm³/mol. The van der Waals surface area contributed by atoms with Crippen molar-refractivity contribution in [2.24, 2.45) is 0 Å². The Kier molecular flexibility index (Phi) is 3.73. The Bertz CT molecular complexity index is 817. The zero-order valence-electron chi connectivity index (χ0n) is 13.1. The zero-order valence-corrected chi connectivity index (χ0v) is 13.9. The number of hydrogen-bond donors (Lipinski definition) is 3. The molecule has 0 saturated heterocycles. The molecule has 1 aliphatic carbocycles. The lowest BCUT2D eigenvalue weighted by molar-refractivity contribution is 0.0846. The molecule has 6 nitrogen and oxygen atoms in total. The number of nitrogens with two attached hydrogens (primary N) is 1. The molecule has 0 amide bonds. The van der Waals surface area contributed by atoms with Gasteiger partial charge in [-0.25, -0.2) is 4.68 Å². The largest absolute Gasteiger partial charge is 0.393 e. The topological polar surface area (TPSA) is 93.2 Å². The molecule has 1 unspecified atom stereocenters. The van der Waals surface area contributed by atoms with Crippen molar-refractivity contribution >= 4 is 29.0 Å². The Balaban J connectivity index is 1.75. The number of halogens is 1. The quantitative estimate of drug-likeness (QED) is 0.736. The molecular weight excluding hydrogens is 328 g/mol.